The van der Waals surface area contributed by atoms with E-state index in [0.29, 0.717) is 12.1 Å². The molecule has 0 radical (unpaired) electrons. The quantitative estimate of drug-likeness (QED) is 0.810. The van der Waals surface area contributed by atoms with Crippen LogP contribution in [0.3, 0.4) is 0 Å². The number of thiophene rings is 1. The zero-order chi connectivity index (χ0) is 9.97. The average molecular weight is 288 g/mol. The molecule has 0 N–H and O–H groups in total. The van der Waals surface area contributed by atoms with Crippen molar-refractivity contribution in [2.24, 2.45) is 0 Å². The molecular weight excluding hydrogens is 282 g/mol. The summed E-state index contributed by atoms with van der Waals surface area (Å²) in [7, 11) is 0. The van der Waals surface area contributed by atoms with E-state index in [1.165, 1.54) is 11.3 Å². The number of hydrogen-bond acceptors (Lipinski definition) is 4. The van der Waals surface area contributed by atoms with Crippen LogP contribution in [-0.2, 0) is 6.42 Å². The normalized spacial score (nSPS) is 10.4. The number of hydrogen-bond donors (Lipinski definition) is 0. The summed E-state index contributed by atoms with van der Waals surface area (Å²) < 4.78 is 1.01. The highest BCUT2D eigenvalue weighted by Gasteiger charge is 2.11. The lowest BCUT2D eigenvalue weighted by Crippen LogP contribution is -2.02. The predicted octanol–water partition coefficient (Wildman–Crippen LogP) is 3.39. The highest BCUT2D eigenvalue weighted by atomic mass is 79.9. The molecule has 14 heavy (non-hydrogen) atoms. The molecule has 0 bridgehead atoms. The van der Waals surface area contributed by atoms with Crippen molar-refractivity contribution in [2.45, 2.75) is 6.42 Å². The topological polar surface area (TPSA) is 30.0 Å². The lowest BCUT2D eigenvalue weighted by molar-refractivity contribution is 0.0989. The van der Waals surface area contributed by atoms with E-state index in [-0.39, 0.29) is 5.78 Å². The van der Waals surface area contributed by atoms with E-state index in [9.17, 15) is 4.79 Å². The molecule has 0 aliphatic heterocycles. The summed E-state index contributed by atoms with van der Waals surface area (Å²) in [6, 6.07) is 1.95. The summed E-state index contributed by atoms with van der Waals surface area (Å²) in [6.07, 6.45) is 0.433. The van der Waals surface area contributed by atoms with E-state index in [0.717, 1.165) is 9.35 Å². The second kappa shape index (κ2) is 4.33. The van der Waals surface area contributed by atoms with Gasteiger partial charge in [0, 0.05) is 21.2 Å². The summed E-state index contributed by atoms with van der Waals surface area (Å²) in [6.45, 7) is 0. The number of carbonyl (C=O) groups excluding carboxylic acids is 1. The van der Waals surface area contributed by atoms with E-state index in [2.05, 4.69) is 20.9 Å². The fourth-order valence-corrected chi connectivity index (χ4v) is 3.09. The monoisotopic (exact) mass is 287 g/mol. The van der Waals surface area contributed by atoms with E-state index < -0.39 is 0 Å². The predicted molar refractivity (Wildman–Crippen MR) is 62.2 cm³/mol. The van der Waals surface area contributed by atoms with Gasteiger partial charge in [0.05, 0.1) is 5.51 Å². The van der Waals surface area contributed by atoms with Crippen LogP contribution in [0.15, 0.2) is 26.8 Å². The van der Waals surface area contributed by atoms with Crippen molar-refractivity contribution in [3.8, 4) is 0 Å². The Morgan fingerprint density at radius 3 is 3.00 bits per heavy atom. The van der Waals surface area contributed by atoms with Crippen molar-refractivity contribution in [1.82, 2.24) is 4.98 Å². The van der Waals surface area contributed by atoms with Crippen LogP contribution in [0, 0.1) is 0 Å². The molecule has 0 saturated heterocycles. The third-order valence-corrected chi connectivity index (χ3v) is 4.24. The molecule has 0 spiro atoms. The summed E-state index contributed by atoms with van der Waals surface area (Å²) in [5.74, 6) is 0.0781. The van der Waals surface area contributed by atoms with Gasteiger partial charge in [0.15, 0.2) is 5.78 Å². The Morgan fingerprint density at radius 1 is 1.57 bits per heavy atom. The lowest BCUT2D eigenvalue weighted by Gasteiger charge is -1.95. The number of rotatable bonds is 3. The molecule has 0 aliphatic rings. The SMILES string of the molecule is O=C(Cc1sccc1Br)c1cscn1. The van der Waals surface area contributed by atoms with Crippen molar-refractivity contribution in [2.75, 3.05) is 0 Å². The van der Waals surface area contributed by atoms with E-state index in [1.807, 2.05) is 11.4 Å². The van der Waals surface area contributed by atoms with Crippen LogP contribution in [0.1, 0.15) is 15.4 Å². The summed E-state index contributed by atoms with van der Waals surface area (Å²) in [5.41, 5.74) is 2.24. The Kier molecular flexibility index (Phi) is 3.10. The Balaban J connectivity index is 2.13. The van der Waals surface area contributed by atoms with Crippen LogP contribution in [-0.4, -0.2) is 10.8 Å². The highest BCUT2D eigenvalue weighted by molar-refractivity contribution is 9.10. The molecule has 0 saturated carbocycles. The van der Waals surface area contributed by atoms with Gasteiger partial charge in [-0.3, -0.25) is 4.79 Å². The van der Waals surface area contributed by atoms with Gasteiger partial charge in [0.2, 0.25) is 0 Å². The maximum absolute atomic E-state index is 11.7. The second-order valence-corrected chi connectivity index (χ2v) is 5.24. The lowest BCUT2D eigenvalue weighted by atomic mass is 10.2. The third kappa shape index (κ3) is 2.10. The zero-order valence-electron chi connectivity index (χ0n) is 7.07. The summed E-state index contributed by atoms with van der Waals surface area (Å²) in [5, 5.41) is 3.75. The van der Waals surface area contributed by atoms with Gasteiger partial charge < -0.3 is 0 Å². The fraction of sp³-hybridized carbons (Fsp3) is 0.111. The molecule has 0 atom stereocenters. The first kappa shape index (κ1) is 10.0. The minimum atomic E-state index is 0.0781. The van der Waals surface area contributed by atoms with Gasteiger partial charge in [0.1, 0.15) is 5.69 Å². The van der Waals surface area contributed by atoms with Crippen molar-refractivity contribution in [1.29, 1.82) is 0 Å². The highest BCUT2D eigenvalue weighted by Crippen LogP contribution is 2.24. The molecule has 2 rings (SSSR count). The van der Waals surface area contributed by atoms with Crippen LogP contribution < -0.4 is 0 Å². The Morgan fingerprint density at radius 2 is 2.43 bits per heavy atom. The molecule has 2 nitrogen and oxygen atoms in total. The molecular formula is C9H6BrNOS2. The maximum atomic E-state index is 11.7. The number of nitrogens with zero attached hydrogens (tertiary/aromatic N) is 1. The van der Waals surface area contributed by atoms with Crippen molar-refractivity contribution < 1.29 is 4.79 Å². The van der Waals surface area contributed by atoms with Gasteiger partial charge in [-0.25, -0.2) is 4.98 Å². The second-order valence-electron chi connectivity index (χ2n) is 2.67. The van der Waals surface area contributed by atoms with Gasteiger partial charge in [-0.1, -0.05) is 0 Å². The molecule has 2 aromatic rings. The van der Waals surface area contributed by atoms with Crippen molar-refractivity contribution >= 4 is 44.4 Å². The van der Waals surface area contributed by atoms with Crippen LogP contribution >= 0.6 is 38.6 Å². The smallest absolute Gasteiger partial charge is 0.187 e. The summed E-state index contributed by atoms with van der Waals surface area (Å²) >= 11 is 6.43. The number of thiazole rings is 1. The van der Waals surface area contributed by atoms with Gasteiger partial charge in [-0.15, -0.1) is 22.7 Å². The number of aromatic nitrogens is 1. The molecule has 2 heterocycles. The maximum Gasteiger partial charge on any atom is 0.187 e. The Labute approximate surface area is 97.7 Å². The number of ketones is 1. The number of carbonyl (C=O) groups is 1. The molecule has 72 valence electrons. The first-order valence-corrected chi connectivity index (χ1v) is 6.52. The molecule has 2 aromatic heterocycles. The van der Waals surface area contributed by atoms with E-state index in [4.69, 9.17) is 0 Å². The minimum Gasteiger partial charge on any atom is -0.292 e. The van der Waals surface area contributed by atoms with Crippen LogP contribution in [0.2, 0.25) is 0 Å². The Bertz CT molecular complexity index is 435. The van der Waals surface area contributed by atoms with E-state index in [1.54, 1.807) is 22.2 Å². The number of halogens is 1. The fourth-order valence-electron chi connectivity index (χ4n) is 1.04. The van der Waals surface area contributed by atoms with Crippen molar-refractivity contribution in [3.05, 3.63) is 37.4 Å². The largest absolute Gasteiger partial charge is 0.292 e. The van der Waals surface area contributed by atoms with Gasteiger partial charge in [-0.2, -0.15) is 0 Å². The van der Waals surface area contributed by atoms with Crippen LogP contribution in [0.25, 0.3) is 0 Å². The number of Topliss-reactive ketones (excluding diaryl/α,β-unsaturated/α-hetero) is 1. The first-order valence-electron chi connectivity index (χ1n) is 3.90. The van der Waals surface area contributed by atoms with Gasteiger partial charge >= 0.3 is 0 Å². The zero-order valence-corrected chi connectivity index (χ0v) is 10.3. The van der Waals surface area contributed by atoms with Gasteiger partial charge in [-0.05, 0) is 27.4 Å². The Hall–Kier alpha value is -0.520. The van der Waals surface area contributed by atoms with Crippen molar-refractivity contribution in [3.63, 3.8) is 0 Å². The van der Waals surface area contributed by atoms with Crippen LogP contribution in [0.4, 0.5) is 0 Å². The first-order chi connectivity index (χ1) is 6.77. The third-order valence-electron chi connectivity index (χ3n) is 1.73. The standard InChI is InChI=1S/C9H6BrNOS2/c10-6-1-2-14-9(6)3-8(12)7-4-13-5-11-7/h1-2,4-5H,3H2. The minimum absolute atomic E-state index is 0.0781. The van der Waals surface area contributed by atoms with Gasteiger partial charge in [0.25, 0.3) is 0 Å². The molecule has 0 aliphatic carbocycles. The molecule has 0 unspecified atom stereocenters. The molecule has 0 fully saturated rings. The van der Waals surface area contributed by atoms with Crippen LogP contribution in [0.5, 0.6) is 0 Å². The summed E-state index contributed by atoms with van der Waals surface area (Å²) in [4.78, 5) is 16.7. The van der Waals surface area contributed by atoms with E-state index >= 15 is 0 Å². The average Bonchev–Trinajstić information content (AvgIpc) is 2.77. The molecule has 0 aromatic carbocycles. The molecule has 0 amide bonds. The molecule has 5 heteroatoms.